The standard InChI is InChI=1S/C72H142O12S16Si4/c1-17-64-46-41-58(50-64)54-69(64,101(73-21-5,74-22-6)75-23-7)97(89,93-85)62-40-38-36-34-33-35-37-39-45-68(99(91,95-87)71(56-60-43-48-66(71,19-3)52-60)103(79-27-11,80-28-12)81-29-13,100(92,96-88)72(57-61-44-49-67(72,20-4)53-61)104(82-30-14,83-31-15)84-32-16)63(62)98(90,94-86)70(55-59-42-47-65(70,18-2)51-59)102(76-24-8,77-25-9)78-26-10/h58-61,85-92H,17-57H2,1-16H3/b63-62-. The van der Waals surface area contributed by atoms with Crippen molar-refractivity contribution in [3.8, 4) is 0 Å². The molecule has 104 heavy (non-hydrogen) atoms. The summed E-state index contributed by atoms with van der Waals surface area (Å²) in [6, 6.07) is 0. The average molecular weight is 1830 g/mol. The molecule has 8 saturated carbocycles. The smallest absolute Gasteiger partial charge is 0.373 e. The van der Waals surface area contributed by atoms with E-state index in [9.17, 15) is 0 Å². The van der Waals surface area contributed by atoms with Gasteiger partial charge in [-0.3, -0.25) is 0 Å². The van der Waals surface area contributed by atoms with Crippen molar-refractivity contribution in [2.24, 2.45) is 45.3 Å². The minimum absolute atomic E-state index is 0.314. The zero-order chi connectivity index (χ0) is 76.3. The third-order valence-electron chi connectivity index (χ3n) is 28.1. The van der Waals surface area contributed by atoms with E-state index < -0.39 is 105 Å². The highest BCUT2D eigenvalue weighted by Gasteiger charge is 2.93. The maximum Gasteiger partial charge on any atom is 0.518 e. The fraction of sp³-hybridized carbons (Fsp3) is 0.972. The molecule has 0 N–H and O–H groups in total. The molecule has 9 aliphatic carbocycles. The van der Waals surface area contributed by atoms with Gasteiger partial charge in [-0.15, -0.1) is 118 Å². The van der Waals surface area contributed by atoms with Gasteiger partial charge in [0.2, 0.25) is 0 Å². The van der Waals surface area contributed by atoms with Crippen LogP contribution in [0.3, 0.4) is 0 Å². The second-order valence-corrected chi connectivity index (χ2v) is 77.0. The number of rotatable bonds is 44. The van der Waals surface area contributed by atoms with E-state index >= 15 is 0 Å². The van der Waals surface area contributed by atoms with E-state index in [1.165, 1.54) is 9.81 Å². The molecule has 9 aliphatic rings. The second-order valence-electron chi connectivity index (χ2n) is 31.4. The SMILES string of the molecule is CCO[Si](OCC)(OCC)C1(S(S)(SS)/C2=C(\S(S)(SS)C3([Si](OCC)(OCC)OCC)CC4CCC3(CC)C4)C(S(S)(SS)C3([Si](OCC)(OCC)OCC)CC4CCC3(CC)C4)(S(S)(SS)C3([Si](OCC)(OCC)OCC)CC4CCC3(CC)C4)CCCCCCCCC2)CC2CCC1(CC)C2. The Hall–Kier alpha value is 5.73. The molecule has 0 radical (unpaired) electrons. The lowest BCUT2D eigenvalue weighted by Gasteiger charge is -2.78. The molecular weight excluding hydrogens is 1680 g/mol. The Kier molecular flexibility index (Phi) is 34.0. The average Bonchev–Trinajstić information content (AvgIpc) is 1.26. The topological polar surface area (TPSA) is 111 Å². The summed E-state index contributed by atoms with van der Waals surface area (Å²) < 4.78 is 91.6. The maximum atomic E-state index is 8.10. The number of fused-ring (bicyclic) bond motifs is 8. The molecule has 0 aromatic carbocycles. The maximum absolute atomic E-state index is 8.10. The normalized spacial score (nSPS) is 39.1. The molecule has 0 spiro atoms. The molecule has 0 amide bonds. The van der Waals surface area contributed by atoms with Crippen molar-refractivity contribution in [3.63, 3.8) is 0 Å². The molecule has 0 saturated heterocycles. The zero-order valence-electron chi connectivity index (χ0n) is 66.5. The minimum atomic E-state index is -4.23. The Balaban J connectivity index is 1.81. The largest absolute Gasteiger partial charge is 0.518 e. The van der Waals surface area contributed by atoms with E-state index in [0.717, 1.165) is 173 Å². The predicted octanol–water partition coefficient (Wildman–Crippen LogP) is 25.7. The zero-order valence-corrected chi connectivity index (χ0v) is 84.2. The van der Waals surface area contributed by atoms with Crippen LogP contribution in [0, 0.1) is 45.3 Å². The van der Waals surface area contributed by atoms with Crippen LogP contribution in [0.15, 0.2) is 9.81 Å². The van der Waals surface area contributed by atoms with Crippen LogP contribution in [0.25, 0.3) is 0 Å². The van der Waals surface area contributed by atoms with Gasteiger partial charge in [0, 0.05) is 84.2 Å². The summed E-state index contributed by atoms with van der Waals surface area (Å²) in [4.78, 5) is 2.60. The van der Waals surface area contributed by atoms with Crippen molar-refractivity contribution in [1.29, 1.82) is 0 Å². The quantitative estimate of drug-likeness (QED) is 0.0168. The third kappa shape index (κ3) is 13.4. The molecule has 0 aliphatic heterocycles. The highest BCUT2D eigenvalue weighted by molar-refractivity contribution is 9.43. The van der Waals surface area contributed by atoms with Gasteiger partial charge < -0.3 is 53.1 Å². The van der Waals surface area contributed by atoms with Gasteiger partial charge >= 0.3 is 35.2 Å². The first-order valence-corrected chi connectivity index (χ1v) is 67.9. The first kappa shape index (κ1) is 93.6. The number of allylic oxidation sites excluding steroid dienone is 1. The van der Waals surface area contributed by atoms with Crippen molar-refractivity contribution in [2.75, 3.05) is 79.3 Å². The monoisotopic (exact) mass is 1820 g/mol. The molecule has 614 valence electrons. The van der Waals surface area contributed by atoms with Gasteiger partial charge in [0.15, 0.2) is 0 Å². The summed E-state index contributed by atoms with van der Waals surface area (Å²) in [6.07, 6.45) is 27.3. The first-order valence-electron chi connectivity index (χ1n) is 40.8. The van der Waals surface area contributed by atoms with Gasteiger partial charge in [-0.05, 0) is 320 Å². The molecular formula is C72H142O12S16Si4. The highest BCUT2D eigenvalue weighted by atomic mass is 33.7. The van der Waals surface area contributed by atoms with Crippen molar-refractivity contribution >= 4 is 200 Å². The molecule has 16 unspecified atom stereocenters. The predicted molar refractivity (Wildman–Crippen MR) is 496 cm³/mol. The van der Waals surface area contributed by atoms with E-state index in [4.69, 9.17) is 146 Å². The fourth-order valence-corrected chi connectivity index (χ4v) is 108. The van der Waals surface area contributed by atoms with Gasteiger partial charge in [0.1, 0.15) is 0 Å². The summed E-state index contributed by atoms with van der Waals surface area (Å²) in [5, 5.41) is 0. The van der Waals surface area contributed by atoms with Gasteiger partial charge in [-0.2, -0.15) is 0 Å². The van der Waals surface area contributed by atoms with Crippen LogP contribution >= 0.6 is 165 Å². The van der Waals surface area contributed by atoms with Crippen LogP contribution in [0.4, 0.5) is 0 Å². The lowest BCUT2D eigenvalue weighted by atomic mass is 9.80. The van der Waals surface area contributed by atoms with Crippen molar-refractivity contribution in [1.82, 2.24) is 0 Å². The number of thiol groups is 8. The molecule has 8 bridgehead atoms. The minimum Gasteiger partial charge on any atom is -0.373 e. The molecule has 0 aromatic heterocycles. The van der Waals surface area contributed by atoms with E-state index in [2.05, 4.69) is 111 Å². The highest BCUT2D eigenvalue weighted by Crippen LogP contribution is 3.09. The molecule has 0 aromatic rings. The van der Waals surface area contributed by atoms with Crippen molar-refractivity contribution in [2.45, 2.75) is 319 Å². The summed E-state index contributed by atoms with van der Waals surface area (Å²) >= 11 is 55.4. The first-order chi connectivity index (χ1) is 49.8. The Bertz CT molecular complexity index is 2700. The second kappa shape index (κ2) is 37.8. The molecule has 8 fully saturated rings. The van der Waals surface area contributed by atoms with Crippen molar-refractivity contribution < 1.29 is 53.1 Å². The summed E-state index contributed by atoms with van der Waals surface area (Å²) in [7, 11) is -22.4. The fourth-order valence-electron chi connectivity index (χ4n) is 25.0. The van der Waals surface area contributed by atoms with Gasteiger partial charge in [-0.1, -0.05) is 74.3 Å². The van der Waals surface area contributed by atoms with E-state index in [1.54, 1.807) is 39.3 Å². The lowest BCUT2D eigenvalue weighted by Crippen LogP contribution is -2.77. The van der Waals surface area contributed by atoms with E-state index in [0.29, 0.717) is 116 Å². The third-order valence-corrected chi connectivity index (χ3v) is 99.3. The van der Waals surface area contributed by atoms with Crippen LogP contribution in [-0.2, 0) is 53.1 Å². The van der Waals surface area contributed by atoms with Crippen LogP contribution in [0.1, 0.15) is 297 Å². The van der Waals surface area contributed by atoms with Crippen LogP contribution in [0.2, 0.25) is 0 Å². The Labute approximate surface area is 698 Å². The molecule has 16 atom stereocenters. The van der Waals surface area contributed by atoms with Crippen molar-refractivity contribution in [3.05, 3.63) is 9.81 Å². The molecule has 12 nitrogen and oxygen atoms in total. The molecule has 32 heteroatoms. The van der Waals surface area contributed by atoms with Crippen LogP contribution in [-0.4, -0.2) is 136 Å². The molecule has 9 rings (SSSR count). The number of hydrogen-bond donors (Lipinski definition) is 8. The van der Waals surface area contributed by atoms with E-state index in [1.807, 2.05) is 0 Å². The van der Waals surface area contributed by atoms with E-state index in [-0.39, 0.29) is 5.41 Å². The summed E-state index contributed by atoms with van der Waals surface area (Å²) in [5.41, 5.74) is -1.61. The Morgan fingerprint density at radius 2 is 0.548 bits per heavy atom. The van der Waals surface area contributed by atoms with Gasteiger partial charge in [0.25, 0.3) is 0 Å². The summed E-state index contributed by atoms with van der Waals surface area (Å²) in [5.74, 6) is 1.31. The van der Waals surface area contributed by atoms with Gasteiger partial charge in [-0.25, -0.2) is 0 Å². The Morgan fingerprint density at radius 3 is 0.798 bits per heavy atom. The Morgan fingerprint density at radius 1 is 0.308 bits per heavy atom. The van der Waals surface area contributed by atoms with Gasteiger partial charge in [0.05, 0.1) is 21.6 Å². The molecule has 0 heterocycles. The lowest BCUT2D eigenvalue weighted by molar-refractivity contribution is 0.0333. The van der Waals surface area contributed by atoms with Crippen LogP contribution < -0.4 is 0 Å². The number of hydrogen-bond acceptors (Lipinski definition) is 24. The van der Waals surface area contributed by atoms with Crippen LogP contribution in [0.5, 0.6) is 0 Å². The summed E-state index contributed by atoms with van der Waals surface area (Å²) in [6.45, 7) is 40.7.